The third-order valence-electron chi connectivity index (χ3n) is 3.87. The van der Waals surface area contributed by atoms with Crippen LogP contribution in [-0.4, -0.2) is 33.6 Å². The number of benzene rings is 1. The van der Waals surface area contributed by atoms with Crippen LogP contribution in [-0.2, 0) is 0 Å². The van der Waals surface area contributed by atoms with Crippen LogP contribution in [0.1, 0.15) is 36.0 Å². The number of halogens is 2. The summed E-state index contributed by atoms with van der Waals surface area (Å²) in [4.78, 5) is 25.0. The molecule has 1 aromatic carbocycles. The smallest absolute Gasteiger partial charge is 0.283 e. The highest BCUT2D eigenvalue weighted by atomic mass is 79.9. The molecule has 7 heteroatoms. The Bertz CT molecular complexity index is 567. The molecule has 114 valence electrons. The molecule has 1 saturated carbocycles. The number of hydrogen-bond acceptors (Lipinski definition) is 3. The topological polar surface area (TPSA) is 63.5 Å². The molecule has 0 bridgehead atoms. The molecule has 0 radical (unpaired) electrons. The SMILES string of the molecule is CN(C(=O)c1c(Cl)cccc1[N+](=O)[O-])C1CCCCC1Br. The monoisotopic (exact) mass is 374 g/mol. The average molecular weight is 376 g/mol. The molecule has 1 aromatic rings. The van der Waals surface area contributed by atoms with Crippen molar-refractivity contribution in [2.75, 3.05) is 7.05 Å². The highest BCUT2D eigenvalue weighted by Crippen LogP contribution is 2.32. The van der Waals surface area contributed by atoms with Gasteiger partial charge in [0.2, 0.25) is 0 Å². The number of carbonyl (C=O) groups excluding carboxylic acids is 1. The number of carbonyl (C=O) groups is 1. The van der Waals surface area contributed by atoms with Gasteiger partial charge in [-0.3, -0.25) is 14.9 Å². The summed E-state index contributed by atoms with van der Waals surface area (Å²) in [5, 5.41) is 11.2. The number of nitro benzene ring substituents is 1. The maximum atomic E-state index is 12.7. The zero-order valence-electron chi connectivity index (χ0n) is 11.6. The van der Waals surface area contributed by atoms with Crippen molar-refractivity contribution in [2.45, 2.75) is 36.6 Å². The van der Waals surface area contributed by atoms with E-state index in [4.69, 9.17) is 11.6 Å². The molecule has 0 N–H and O–H groups in total. The fourth-order valence-electron chi connectivity index (χ4n) is 2.71. The van der Waals surface area contributed by atoms with E-state index >= 15 is 0 Å². The minimum Gasteiger partial charge on any atom is -0.337 e. The van der Waals surface area contributed by atoms with Crippen LogP contribution in [0, 0.1) is 10.1 Å². The number of alkyl halides is 1. The van der Waals surface area contributed by atoms with E-state index in [-0.39, 0.29) is 27.1 Å². The highest BCUT2D eigenvalue weighted by Gasteiger charge is 2.33. The van der Waals surface area contributed by atoms with E-state index in [1.165, 1.54) is 18.2 Å². The Balaban J connectivity index is 2.33. The molecule has 21 heavy (non-hydrogen) atoms. The fraction of sp³-hybridized carbons (Fsp3) is 0.500. The minimum atomic E-state index is -0.570. The van der Waals surface area contributed by atoms with Gasteiger partial charge in [-0.15, -0.1) is 0 Å². The first kappa shape index (κ1) is 16.2. The van der Waals surface area contributed by atoms with Crippen LogP contribution in [0.15, 0.2) is 18.2 Å². The van der Waals surface area contributed by atoms with Gasteiger partial charge in [0.1, 0.15) is 5.56 Å². The molecule has 0 aliphatic heterocycles. The van der Waals surface area contributed by atoms with Crippen LogP contribution in [0.3, 0.4) is 0 Å². The van der Waals surface area contributed by atoms with Crippen molar-refractivity contribution >= 4 is 39.1 Å². The Kier molecular flexibility index (Phi) is 5.22. The Labute approximate surface area is 136 Å². The molecule has 1 aliphatic rings. The Morgan fingerprint density at radius 2 is 2.10 bits per heavy atom. The van der Waals surface area contributed by atoms with E-state index in [1.807, 2.05) is 0 Å². The molecular weight excluding hydrogens is 360 g/mol. The van der Waals surface area contributed by atoms with Crippen LogP contribution in [0.2, 0.25) is 5.02 Å². The summed E-state index contributed by atoms with van der Waals surface area (Å²) in [6.45, 7) is 0. The lowest BCUT2D eigenvalue weighted by molar-refractivity contribution is -0.385. The maximum absolute atomic E-state index is 12.7. The van der Waals surface area contributed by atoms with Gasteiger partial charge >= 0.3 is 0 Å². The van der Waals surface area contributed by atoms with Gasteiger partial charge in [-0.25, -0.2) is 0 Å². The van der Waals surface area contributed by atoms with E-state index in [0.717, 1.165) is 25.7 Å². The number of rotatable bonds is 3. The largest absolute Gasteiger partial charge is 0.337 e. The molecule has 2 atom stereocenters. The molecule has 1 fully saturated rings. The summed E-state index contributed by atoms with van der Waals surface area (Å²) in [6, 6.07) is 4.31. The maximum Gasteiger partial charge on any atom is 0.283 e. The van der Waals surface area contributed by atoms with E-state index in [1.54, 1.807) is 11.9 Å². The first-order valence-electron chi connectivity index (χ1n) is 6.77. The molecule has 5 nitrogen and oxygen atoms in total. The number of hydrogen-bond donors (Lipinski definition) is 0. The predicted molar refractivity (Wildman–Crippen MR) is 85.2 cm³/mol. The molecule has 2 rings (SSSR count). The van der Waals surface area contributed by atoms with Crippen LogP contribution < -0.4 is 0 Å². The lowest BCUT2D eigenvalue weighted by Crippen LogP contribution is -2.44. The molecule has 0 aromatic heterocycles. The standard InChI is InChI=1S/C14H16BrClN2O3/c1-17(11-7-3-2-5-9(11)15)14(19)13-10(16)6-4-8-12(13)18(20)21/h4,6,8-9,11H,2-3,5,7H2,1H3. The van der Waals surface area contributed by atoms with Gasteiger partial charge in [0.05, 0.1) is 9.95 Å². The average Bonchev–Trinajstić information content (AvgIpc) is 2.46. The third kappa shape index (κ3) is 3.37. The van der Waals surface area contributed by atoms with Crippen LogP contribution >= 0.6 is 27.5 Å². The molecule has 1 amide bonds. The van der Waals surface area contributed by atoms with Crippen LogP contribution in [0.5, 0.6) is 0 Å². The molecule has 1 aliphatic carbocycles. The summed E-state index contributed by atoms with van der Waals surface area (Å²) in [5.74, 6) is -0.399. The van der Waals surface area contributed by atoms with Crippen LogP contribution in [0.25, 0.3) is 0 Å². The second-order valence-corrected chi connectivity index (χ2v) is 6.76. The van der Waals surface area contributed by atoms with E-state index in [0.29, 0.717) is 0 Å². The van der Waals surface area contributed by atoms with Crippen molar-refractivity contribution in [3.8, 4) is 0 Å². The zero-order chi connectivity index (χ0) is 15.6. The van der Waals surface area contributed by atoms with Gasteiger partial charge in [0.25, 0.3) is 11.6 Å². The third-order valence-corrected chi connectivity index (χ3v) is 5.25. The molecule has 0 spiro atoms. The first-order chi connectivity index (χ1) is 9.93. The zero-order valence-corrected chi connectivity index (χ0v) is 13.9. The van der Waals surface area contributed by atoms with E-state index < -0.39 is 10.8 Å². The van der Waals surface area contributed by atoms with Crippen LogP contribution in [0.4, 0.5) is 5.69 Å². The second kappa shape index (κ2) is 6.75. The molecular formula is C14H16BrClN2O3. The van der Waals surface area contributed by atoms with Gasteiger partial charge in [-0.1, -0.05) is 46.4 Å². The first-order valence-corrected chi connectivity index (χ1v) is 8.07. The summed E-state index contributed by atoms with van der Waals surface area (Å²) < 4.78 is 0. The lowest BCUT2D eigenvalue weighted by atomic mass is 9.94. The summed E-state index contributed by atoms with van der Waals surface area (Å²) >= 11 is 9.63. The Hall–Kier alpha value is -1.14. The van der Waals surface area contributed by atoms with Crippen molar-refractivity contribution in [2.24, 2.45) is 0 Å². The summed E-state index contributed by atoms with van der Waals surface area (Å²) in [6.07, 6.45) is 4.05. The van der Waals surface area contributed by atoms with E-state index in [9.17, 15) is 14.9 Å². The molecule has 0 heterocycles. The van der Waals surface area contributed by atoms with Gasteiger partial charge in [-0.05, 0) is 18.9 Å². The normalized spacial score (nSPS) is 21.9. The minimum absolute atomic E-state index is 0.0297. The van der Waals surface area contributed by atoms with Gasteiger partial charge in [0.15, 0.2) is 0 Å². The van der Waals surface area contributed by atoms with Crippen molar-refractivity contribution < 1.29 is 9.72 Å². The number of nitro groups is 1. The Morgan fingerprint density at radius 1 is 1.43 bits per heavy atom. The van der Waals surface area contributed by atoms with E-state index in [2.05, 4.69) is 15.9 Å². The Morgan fingerprint density at radius 3 is 2.71 bits per heavy atom. The van der Waals surface area contributed by atoms with Gasteiger partial charge in [-0.2, -0.15) is 0 Å². The molecule has 0 saturated heterocycles. The van der Waals surface area contributed by atoms with Gasteiger partial charge in [0, 0.05) is 24.0 Å². The quantitative estimate of drug-likeness (QED) is 0.455. The number of amides is 1. The summed E-state index contributed by atoms with van der Waals surface area (Å²) in [5.41, 5.74) is -0.279. The van der Waals surface area contributed by atoms with Crippen molar-refractivity contribution in [3.05, 3.63) is 38.9 Å². The summed E-state index contributed by atoms with van der Waals surface area (Å²) in [7, 11) is 1.68. The fourth-order valence-corrected chi connectivity index (χ4v) is 3.90. The second-order valence-electron chi connectivity index (χ2n) is 5.17. The van der Waals surface area contributed by atoms with Gasteiger partial charge < -0.3 is 4.90 Å². The predicted octanol–water partition coefficient (Wildman–Crippen LogP) is 4.03. The molecule has 2 unspecified atom stereocenters. The van der Waals surface area contributed by atoms with Crippen molar-refractivity contribution in [3.63, 3.8) is 0 Å². The highest BCUT2D eigenvalue weighted by molar-refractivity contribution is 9.09. The number of nitrogens with zero attached hydrogens (tertiary/aromatic N) is 2. The van der Waals surface area contributed by atoms with Crippen molar-refractivity contribution in [1.82, 2.24) is 4.90 Å². The lowest BCUT2D eigenvalue weighted by Gasteiger charge is -2.35. The van der Waals surface area contributed by atoms with Crippen molar-refractivity contribution in [1.29, 1.82) is 0 Å².